The van der Waals surface area contributed by atoms with Crippen LogP contribution < -0.4 is 0 Å². The van der Waals surface area contributed by atoms with E-state index in [0.29, 0.717) is 16.0 Å². The van der Waals surface area contributed by atoms with Crippen LogP contribution in [-0.4, -0.2) is 23.5 Å². The highest BCUT2D eigenvalue weighted by Crippen LogP contribution is 2.34. The Morgan fingerprint density at radius 1 is 1.30 bits per heavy atom. The number of carbonyl (C=O) groups is 2. The molecule has 5 nitrogen and oxygen atoms in total. The molecule has 0 spiro atoms. The van der Waals surface area contributed by atoms with Crippen molar-refractivity contribution in [3.63, 3.8) is 0 Å². The summed E-state index contributed by atoms with van der Waals surface area (Å²) in [5.74, 6) is -1.64. The minimum Gasteiger partial charge on any atom is -0.462 e. The van der Waals surface area contributed by atoms with Gasteiger partial charge in [0.1, 0.15) is 17.3 Å². The summed E-state index contributed by atoms with van der Waals surface area (Å²) >= 11 is 2.59. The minimum atomic E-state index is -0.605. The molecule has 2 aromatic heterocycles. The Balaban J connectivity index is 1.82. The van der Waals surface area contributed by atoms with E-state index >= 15 is 0 Å². The third-order valence-corrected chi connectivity index (χ3v) is 5.58. The van der Waals surface area contributed by atoms with E-state index in [1.54, 1.807) is 25.1 Å². The van der Waals surface area contributed by atoms with Crippen LogP contribution in [0.2, 0.25) is 0 Å². The van der Waals surface area contributed by atoms with Gasteiger partial charge >= 0.3 is 11.9 Å². The van der Waals surface area contributed by atoms with Crippen LogP contribution in [0.5, 0.6) is 0 Å². The van der Waals surface area contributed by atoms with Gasteiger partial charge in [0.2, 0.25) is 0 Å². The number of hydrogen-bond donors (Lipinski definition) is 0. The molecule has 0 atom stereocenters. The number of halogens is 1. The SMILES string of the molecule is CCOC(=O)c1sc2cccc(F)c2c1COC(=O)/C=C/c1csc(C)n1. The minimum absolute atomic E-state index is 0.199. The summed E-state index contributed by atoms with van der Waals surface area (Å²) in [5.41, 5.74) is 0.978. The van der Waals surface area contributed by atoms with Gasteiger partial charge in [-0.15, -0.1) is 22.7 Å². The van der Waals surface area contributed by atoms with Crippen molar-refractivity contribution in [2.75, 3.05) is 6.61 Å². The molecule has 0 aliphatic heterocycles. The maximum Gasteiger partial charge on any atom is 0.348 e. The van der Waals surface area contributed by atoms with Crippen molar-refractivity contribution >= 4 is 50.8 Å². The van der Waals surface area contributed by atoms with Gasteiger partial charge in [0.15, 0.2) is 0 Å². The number of aromatic nitrogens is 1. The van der Waals surface area contributed by atoms with Crippen molar-refractivity contribution in [3.8, 4) is 0 Å². The molecular weight excluding hydrogens is 389 g/mol. The molecule has 1 aromatic carbocycles. The predicted molar refractivity (Wildman–Crippen MR) is 103 cm³/mol. The Hall–Kier alpha value is -2.58. The number of fused-ring (bicyclic) bond motifs is 1. The molecule has 0 aliphatic carbocycles. The fraction of sp³-hybridized carbons (Fsp3) is 0.211. The maximum atomic E-state index is 14.3. The van der Waals surface area contributed by atoms with Crippen LogP contribution in [-0.2, 0) is 20.9 Å². The molecule has 0 amide bonds. The van der Waals surface area contributed by atoms with Crippen molar-refractivity contribution in [1.29, 1.82) is 0 Å². The zero-order valence-corrected chi connectivity index (χ0v) is 16.3. The van der Waals surface area contributed by atoms with Gasteiger partial charge in [-0.2, -0.15) is 0 Å². The van der Waals surface area contributed by atoms with E-state index in [4.69, 9.17) is 9.47 Å². The van der Waals surface area contributed by atoms with Crippen molar-refractivity contribution in [2.45, 2.75) is 20.5 Å². The lowest BCUT2D eigenvalue weighted by atomic mass is 10.1. The molecule has 0 radical (unpaired) electrons. The van der Waals surface area contributed by atoms with Crippen molar-refractivity contribution in [1.82, 2.24) is 4.98 Å². The smallest absolute Gasteiger partial charge is 0.348 e. The fourth-order valence-electron chi connectivity index (χ4n) is 2.47. The van der Waals surface area contributed by atoms with Crippen LogP contribution in [0.25, 0.3) is 16.2 Å². The molecule has 2 heterocycles. The van der Waals surface area contributed by atoms with E-state index in [1.165, 1.54) is 23.5 Å². The summed E-state index contributed by atoms with van der Waals surface area (Å²) in [7, 11) is 0. The fourth-order valence-corrected chi connectivity index (χ4v) is 4.16. The van der Waals surface area contributed by atoms with Gasteiger partial charge in [0, 0.05) is 27.1 Å². The highest BCUT2D eigenvalue weighted by atomic mass is 32.1. The van der Waals surface area contributed by atoms with Gasteiger partial charge in [-0.1, -0.05) is 6.07 Å². The maximum absolute atomic E-state index is 14.3. The average Bonchev–Trinajstić information content (AvgIpc) is 3.22. The van der Waals surface area contributed by atoms with Crippen molar-refractivity contribution < 1.29 is 23.5 Å². The Morgan fingerprint density at radius 3 is 2.81 bits per heavy atom. The molecule has 3 aromatic rings. The number of esters is 2. The highest BCUT2D eigenvalue weighted by molar-refractivity contribution is 7.21. The number of rotatable bonds is 6. The summed E-state index contributed by atoms with van der Waals surface area (Å²) in [6.07, 6.45) is 2.80. The molecule has 0 unspecified atom stereocenters. The van der Waals surface area contributed by atoms with Crippen molar-refractivity contribution in [2.24, 2.45) is 0 Å². The first-order valence-electron chi connectivity index (χ1n) is 8.13. The van der Waals surface area contributed by atoms with E-state index in [9.17, 15) is 14.0 Å². The second-order valence-electron chi connectivity index (χ2n) is 5.48. The third kappa shape index (κ3) is 4.40. The van der Waals surface area contributed by atoms with Crippen LogP contribution in [0.4, 0.5) is 4.39 Å². The quantitative estimate of drug-likeness (QED) is 0.438. The van der Waals surface area contributed by atoms with Gasteiger partial charge in [0.25, 0.3) is 0 Å². The number of nitrogens with zero attached hydrogens (tertiary/aromatic N) is 1. The second-order valence-corrected chi connectivity index (χ2v) is 7.59. The number of thiazole rings is 1. The Labute approximate surface area is 163 Å². The van der Waals surface area contributed by atoms with Gasteiger partial charge in [-0.05, 0) is 32.1 Å². The van der Waals surface area contributed by atoms with E-state index in [0.717, 1.165) is 16.3 Å². The number of carbonyl (C=O) groups excluding carboxylic acids is 2. The molecule has 0 saturated heterocycles. The summed E-state index contributed by atoms with van der Waals surface area (Å²) in [5, 5.41) is 2.99. The standard InChI is InChI=1S/C19H16FNO4S2/c1-3-24-19(23)18-13(17-14(20)5-4-6-15(17)27-18)9-25-16(22)8-7-12-10-26-11(2)21-12/h4-8,10H,3,9H2,1-2H3/b8-7+. The van der Waals surface area contributed by atoms with E-state index in [2.05, 4.69) is 4.98 Å². The second kappa shape index (κ2) is 8.41. The Bertz CT molecular complexity index is 1020. The first-order valence-corrected chi connectivity index (χ1v) is 9.83. The van der Waals surface area contributed by atoms with E-state index in [-0.39, 0.29) is 23.5 Å². The number of thiophene rings is 1. The lowest BCUT2D eigenvalue weighted by molar-refractivity contribution is -0.138. The third-order valence-electron chi connectivity index (χ3n) is 3.61. The van der Waals surface area contributed by atoms with Gasteiger partial charge in [-0.25, -0.2) is 19.0 Å². The molecule has 3 rings (SSSR count). The van der Waals surface area contributed by atoms with Gasteiger partial charge in [-0.3, -0.25) is 0 Å². The first-order chi connectivity index (χ1) is 13.0. The van der Waals surface area contributed by atoms with Gasteiger partial charge in [0.05, 0.1) is 17.3 Å². The molecule has 0 fully saturated rings. The number of ether oxygens (including phenoxy) is 2. The summed E-state index contributed by atoms with van der Waals surface area (Å²) in [6.45, 7) is 3.53. The molecule has 0 saturated carbocycles. The summed E-state index contributed by atoms with van der Waals surface area (Å²) in [4.78, 5) is 28.7. The van der Waals surface area contributed by atoms with Crippen LogP contribution in [0, 0.1) is 12.7 Å². The highest BCUT2D eigenvalue weighted by Gasteiger charge is 2.22. The van der Waals surface area contributed by atoms with Crippen LogP contribution in [0.1, 0.15) is 32.9 Å². The Kier molecular flexibility index (Phi) is 5.98. The van der Waals surface area contributed by atoms with Crippen LogP contribution >= 0.6 is 22.7 Å². The number of hydrogen-bond acceptors (Lipinski definition) is 7. The normalized spacial score (nSPS) is 11.2. The first kappa shape index (κ1) is 19.2. The number of benzene rings is 1. The van der Waals surface area contributed by atoms with E-state index in [1.807, 2.05) is 12.3 Å². The molecule has 0 N–H and O–H groups in total. The van der Waals surface area contributed by atoms with Crippen LogP contribution in [0.3, 0.4) is 0 Å². The largest absolute Gasteiger partial charge is 0.462 e. The van der Waals surface area contributed by atoms with Gasteiger partial charge < -0.3 is 9.47 Å². The molecule has 0 bridgehead atoms. The molecule has 140 valence electrons. The van der Waals surface area contributed by atoms with Crippen molar-refractivity contribution in [3.05, 3.63) is 56.6 Å². The molecule has 0 aliphatic rings. The zero-order chi connectivity index (χ0) is 19.4. The number of aryl methyl sites for hydroxylation is 1. The lowest BCUT2D eigenvalue weighted by Crippen LogP contribution is -2.08. The summed E-state index contributed by atoms with van der Waals surface area (Å²) in [6, 6.07) is 4.58. The van der Waals surface area contributed by atoms with Crippen LogP contribution in [0.15, 0.2) is 29.7 Å². The lowest BCUT2D eigenvalue weighted by Gasteiger charge is -2.05. The predicted octanol–water partition coefficient (Wildman–Crippen LogP) is 4.74. The monoisotopic (exact) mass is 405 g/mol. The summed E-state index contributed by atoms with van der Waals surface area (Å²) < 4.78 is 25.2. The molecule has 8 heteroatoms. The average molecular weight is 405 g/mol. The Morgan fingerprint density at radius 2 is 2.11 bits per heavy atom. The molecular formula is C19H16FNO4S2. The zero-order valence-electron chi connectivity index (χ0n) is 14.7. The topological polar surface area (TPSA) is 65.5 Å². The van der Waals surface area contributed by atoms with E-state index < -0.39 is 17.8 Å². The molecule has 27 heavy (non-hydrogen) atoms.